The van der Waals surface area contributed by atoms with Gasteiger partial charge in [-0.1, -0.05) is 6.92 Å². The van der Waals surface area contributed by atoms with Crippen LogP contribution in [0.3, 0.4) is 0 Å². The Morgan fingerprint density at radius 3 is 2.95 bits per heavy atom. The molecule has 2 aromatic rings. The first kappa shape index (κ1) is 12.8. The number of hydrogen-bond acceptors (Lipinski definition) is 5. The molecule has 0 saturated carbocycles. The number of hydrogen-bond donors (Lipinski definition) is 1. The lowest BCUT2D eigenvalue weighted by Crippen LogP contribution is -2.50. The Morgan fingerprint density at radius 1 is 1.40 bits per heavy atom. The summed E-state index contributed by atoms with van der Waals surface area (Å²) < 4.78 is 0. The monoisotopic (exact) mass is 272 g/mol. The van der Waals surface area contributed by atoms with Gasteiger partial charge in [0.1, 0.15) is 16.9 Å². The van der Waals surface area contributed by atoms with Crippen LogP contribution in [0.15, 0.2) is 24.5 Å². The van der Waals surface area contributed by atoms with Gasteiger partial charge < -0.3 is 10.0 Å². The van der Waals surface area contributed by atoms with Gasteiger partial charge in [-0.3, -0.25) is 4.98 Å². The lowest BCUT2D eigenvalue weighted by molar-refractivity contribution is -0.143. The van der Waals surface area contributed by atoms with Gasteiger partial charge in [0.25, 0.3) is 0 Å². The van der Waals surface area contributed by atoms with Crippen LogP contribution in [-0.2, 0) is 4.79 Å². The standard InChI is InChI=1S/C14H16N4O2/c1-2-14(13(19)20)6-3-9-18(14)11-5-4-10-12(17-11)16-8-7-15-10/h4-5,7-8H,2-3,6,9H2,1H3,(H,19,20). The normalized spacial score (nSPS) is 22.4. The Bertz CT molecular complexity index is 660. The number of aliphatic carboxylic acids is 1. The Labute approximate surface area is 116 Å². The zero-order valence-electron chi connectivity index (χ0n) is 11.3. The van der Waals surface area contributed by atoms with Crippen molar-refractivity contribution < 1.29 is 9.90 Å². The molecule has 1 saturated heterocycles. The minimum absolute atomic E-state index is 0.548. The molecule has 3 heterocycles. The van der Waals surface area contributed by atoms with E-state index >= 15 is 0 Å². The van der Waals surface area contributed by atoms with E-state index in [-0.39, 0.29) is 0 Å². The highest BCUT2D eigenvalue weighted by Crippen LogP contribution is 2.36. The number of aromatic nitrogens is 3. The molecule has 1 unspecified atom stereocenters. The van der Waals surface area contributed by atoms with E-state index in [1.54, 1.807) is 12.4 Å². The Hall–Kier alpha value is -2.24. The van der Waals surface area contributed by atoms with Crippen LogP contribution >= 0.6 is 0 Å². The van der Waals surface area contributed by atoms with Crippen LogP contribution in [-0.4, -0.2) is 38.1 Å². The van der Waals surface area contributed by atoms with Gasteiger partial charge in [0, 0.05) is 18.9 Å². The number of carboxylic acid groups (broad SMARTS) is 1. The third-order valence-electron chi connectivity index (χ3n) is 4.07. The molecule has 1 N–H and O–H groups in total. The maximum Gasteiger partial charge on any atom is 0.329 e. The summed E-state index contributed by atoms with van der Waals surface area (Å²) in [6, 6.07) is 3.67. The van der Waals surface area contributed by atoms with Crippen molar-refractivity contribution in [2.75, 3.05) is 11.4 Å². The zero-order valence-corrected chi connectivity index (χ0v) is 11.3. The van der Waals surface area contributed by atoms with Gasteiger partial charge in [0.05, 0.1) is 0 Å². The van der Waals surface area contributed by atoms with Crippen molar-refractivity contribution in [3.8, 4) is 0 Å². The number of carboxylic acids is 1. The quantitative estimate of drug-likeness (QED) is 0.918. The van der Waals surface area contributed by atoms with Crippen molar-refractivity contribution in [1.29, 1.82) is 0 Å². The molecule has 6 heteroatoms. The maximum absolute atomic E-state index is 11.7. The fourth-order valence-corrected chi connectivity index (χ4v) is 2.95. The van der Waals surface area contributed by atoms with Crippen LogP contribution in [0.1, 0.15) is 26.2 Å². The van der Waals surface area contributed by atoms with E-state index < -0.39 is 11.5 Å². The summed E-state index contributed by atoms with van der Waals surface area (Å²) in [6.07, 6.45) is 5.28. The predicted octanol–water partition coefficient (Wildman–Crippen LogP) is 1.86. The van der Waals surface area contributed by atoms with Crippen molar-refractivity contribution in [2.45, 2.75) is 31.7 Å². The van der Waals surface area contributed by atoms with Crippen LogP contribution in [0, 0.1) is 0 Å². The maximum atomic E-state index is 11.7. The average molecular weight is 272 g/mol. The van der Waals surface area contributed by atoms with E-state index in [1.165, 1.54) is 0 Å². The second-order valence-corrected chi connectivity index (χ2v) is 5.01. The minimum Gasteiger partial charge on any atom is -0.479 e. The van der Waals surface area contributed by atoms with E-state index in [9.17, 15) is 9.90 Å². The lowest BCUT2D eigenvalue weighted by Gasteiger charge is -2.34. The minimum atomic E-state index is -0.844. The molecule has 0 aromatic carbocycles. The van der Waals surface area contributed by atoms with Crippen LogP contribution < -0.4 is 4.90 Å². The third-order valence-corrected chi connectivity index (χ3v) is 4.07. The third kappa shape index (κ3) is 1.79. The van der Waals surface area contributed by atoms with E-state index in [1.807, 2.05) is 24.0 Å². The van der Waals surface area contributed by atoms with Crippen LogP contribution in [0.2, 0.25) is 0 Å². The van der Waals surface area contributed by atoms with Crippen LogP contribution in [0.4, 0.5) is 5.82 Å². The second-order valence-electron chi connectivity index (χ2n) is 5.01. The van der Waals surface area contributed by atoms with Crippen molar-refractivity contribution in [1.82, 2.24) is 15.0 Å². The smallest absolute Gasteiger partial charge is 0.329 e. The second kappa shape index (κ2) is 4.70. The fraction of sp³-hybridized carbons (Fsp3) is 0.429. The summed E-state index contributed by atoms with van der Waals surface area (Å²) in [4.78, 5) is 26.4. The van der Waals surface area contributed by atoms with Gasteiger partial charge in [0.2, 0.25) is 0 Å². The first-order valence-corrected chi connectivity index (χ1v) is 6.76. The topological polar surface area (TPSA) is 79.2 Å². The fourth-order valence-electron chi connectivity index (χ4n) is 2.95. The zero-order chi connectivity index (χ0) is 14.2. The SMILES string of the molecule is CCC1(C(=O)O)CCCN1c1ccc2nccnc2n1. The van der Waals surface area contributed by atoms with Gasteiger partial charge in [-0.15, -0.1) is 0 Å². The van der Waals surface area contributed by atoms with Gasteiger partial charge in [-0.2, -0.15) is 0 Å². The first-order valence-electron chi connectivity index (χ1n) is 6.76. The van der Waals surface area contributed by atoms with Gasteiger partial charge in [-0.05, 0) is 31.4 Å². The molecule has 2 aromatic heterocycles. The summed E-state index contributed by atoms with van der Waals surface area (Å²) in [7, 11) is 0. The summed E-state index contributed by atoms with van der Waals surface area (Å²) >= 11 is 0. The van der Waals surface area contributed by atoms with E-state index in [2.05, 4.69) is 15.0 Å². The predicted molar refractivity (Wildman–Crippen MR) is 74.6 cm³/mol. The molecule has 0 spiro atoms. The molecule has 0 aliphatic carbocycles. The Balaban J connectivity index is 2.07. The average Bonchev–Trinajstić information content (AvgIpc) is 2.92. The van der Waals surface area contributed by atoms with Gasteiger partial charge in [-0.25, -0.2) is 14.8 Å². The number of anilines is 1. The Kier molecular flexibility index (Phi) is 3.00. The van der Waals surface area contributed by atoms with E-state index in [0.717, 1.165) is 6.42 Å². The molecule has 104 valence electrons. The summed E-state index contributed by atoms with van der Waals surface area (Å²) in [5.41, 5.74) is 0.420. The van der Waals surface area contributed by atoms with Gasteiger partial charge in [0.15, 0.2) is 5.65 Å². The number of carbonyl (C=O) groups is 1. The summed E-state index contributed by atoms with van der Waals surface area (Å²) in [5, 5.41) is 9.61. The molecule has 1 fully saturated rings. The van der Waals surface area contributed by atoms with E-state index in [4.69, 9.17) is 0 Å². The highest BCUT2D eigenvalue weighted by molar-refractivity contribution is 5.84. The highest BCUT2D eigenvalue weighted by Gasteiger charge is 2.46. The van der Waals surface area contributed by atoms with Crippen molar-refractivity contribution in [3.63, 3.8) is 0 Å². The molecule has 1 aliphatic rings. The number of fused-ring (bicyclic) bond motifs is 1. The van der Waals surface area contributed by atoms with Gasteiger partial charge >= 0.3 is 5.97 Å². The van der Waals surface area contributed by atoms with Crippen LogP contribution in [0.5, 0.6) is 0 Å². The molecule has 20 heavy (non-hydrogen) atoms. The summed E-state index contributed by atoms with van der Waals surface area (Å²) in [6.45, 7) is 2.62. The molecule has 0 radical (unpaired) electrons. The van der Waals surface area contributed by atoms with Crippen molar-refractivity contribution in [2.24, 2.45) is 0 Å². The van der Waals surface area contributed by atoms with E-state index in [0.29, 0.717) is 36.4 Å². The van der Waals surface area contributed by atoms with Crippen molar-refractivity contribution >= 4 is 23.0 Å². The molecular weight excluding hydrogens is 256 g/mol. The first-order chi connectivity index (χ1) is 9.67. The molecule has 0 bridgehead atoms. The molecule has 0 amide bonds. The lowest BCUT2D eigenvalue weighted by atomic mass is 9.93. The molecule has 1 atom stereocenters. The molecule has 1 aliphatic heterocycles. The Morgan fingerprint density at radius 2 is 2.20 bits per heavy atom. The summed E-state index contributed by atoms with van der Waals surface area (Å²) in [5.74, 6) is -0.113. The van der Waals surface area contributed by atoms with Crippen molar-refractivity contribution in [3.05, 3.63) is 24.5 Å². The largest absolute Gasteiger partial charge is 0.479 e. The molecule has 3 rings (SSSR count). The van der Waals surface area contributed by atoms with Crippen LogP contribution in [0.25, 0.3) is 11.2 Å². The number of nitrogens with zero attached hydrogens (tertiary/aromatic N) is 4. The number of pyridine rings is 1. The number of rotatable bonds is 3. The molecular formula is C14H16N4O2. The highest BCUT2D eigenvalue weighted by atomic mass is 16.4. The molecule has 6 nitrogen and oxygen atoms in total.